The highest BCUT2D eigenvalue weighted by Gasteiger charge is 2.02. The van der Waals surface area contributed by atoms with Crippen LogP contribution in [0.1, 0.15) is 5.56 Å². The predicted molar refractivity (Wildman–Crippen MR) is 72.4 cm³/mol. The summed E-state index contributed by atoms with van der Waals surface area (Å²) < 4.78 is 0. The molecule has 0 bridgehead atoms. The summed E-state index contributed by atoms with van der Waals surface area (Å²) >= 11 is 0. The van der Waals surface area contributed by atoms with Gasteiger partial charge in [-0.2, -0.15) is 5.10 Å². The van der Waals surface area contributed by atoms with E-state index in [1.807, 2.05) is 0 Å². The van der Waals surface area contributed by atoms with Gasteiger partial charge in [-0.05, 0) is 29.8 Å². The Morgan fingerprint density at radius 1 is 1.21 bits per heavy atom. The first-order valence-corrected chi connectivity index (χ1v) is 5.48. The molecule has 0 amide bonds. The Bertz CT molecular complexity index is 609. The van der Waals surface area contributed by atoms with Gasteiger partial charge < -0.3 is 5.11 Å². The Balaban J connectivity index is 2.00. The zero-order valence-electron chi connectivity index (χ0n) is 9.85. The molecule has 0 atom stereocenters. The summed E-state index contributed by atoms with van der Waals surface area (Å²) in [6.45, 7) is 0. The van der Waals surface area contributed by atoms with Crippen molar-refractivity contribution in [2.24, 2.45) is 5.10 Å². The van der Waals surface area contributed by atoms with Gasteiger partial charge in [0, 0.05) is 12.1 Å². The fourth-order valence-corrected chi connectivity index (χ4v) is 1.44. The van der Waals surface area contributed by atoms with Crippen LogP contribution in [0.15, 0.2) is 53.6 Å². The number of hydrazone groups is 1. The van der Waals surface area contributed by atoms with Crippen molar-refractivity contribution in [2.45, 2.75) is 0 Å². The Hall–Kier alpha value is -2.89. The predicted octanol–water partition coefficient (Wildman–Crippen LogP) is 2.75. The van der Waals surface area contributed by atoms with E-state index in [4.69, 9.17) is 0 Å². The van der Waals surface area contributed by atoms with Gasteiger partial charge in [0.2, 0.25) is 0 Å². The number of nitrogens with zero attached hydrogens (tertiary/aromatic N) is 2. The quantitative estimate of drug-likeness (QED) is 0.500. The maximum atomic E-state index is 10.5. The van der Waals surface area contributed by atoms with E-state index in [9.17, 15) is 15.2 Å². The normalized spacial score (nSPS) is 10.5. The van der Waals surface area contributed by atoms with E-state index in [1.54, 1.807) is 42.6 Å². The minimum Gasteiger partial charge on any atom is -0.508 e. The molecule has 2 rings (SSSR count). The number of hydrogen-bond donors (Lipinski definition) is 2. The number of benzene rings is 2. The van der Waals surface area contributed by atoms with Crippen LogP contribution in [0.25, 0.3) is 0 Å². The molecule has 0 aromatic heterocycles. The van der Waals surface area contributed by atoms with Crippen molar-refractivity contribution in [3.63, 3.8) is 0 Å². The zero-order chi connectivity index (χ0) is 13.7. The summed E-state index contributed by atoms with van der Waals surface area (Å²) in [5.41, 5.74) is 4.16. The van der Waals surface area contributed by atoms with Crippen molar-refractivity contribution < 1.29 is 10.0 Å². The second kappa shape index (κ2) is 5.63. The van der Waals surface area contributed by atoms with Crippen LogP contribution in [0, 0.1) is 10.1 Å². The number of non-ortho nitro benzene ring substituents is 1. The summed E-state index contributed by atoms with van der Waals surface area (Å²) in [7, 11) is 0. The molecule has 6 nitrogen and oxygen atoms in total. The number of nitro groups is 1. The van der Waals surface area contributed by atoms with Crippen molar-refractivity contribution in [3.05, 3.63) is 64.2 Å². The molecule has 6 heteroatoms. The number of anilines is 1. The Labute approximate surface area is 109 Å². The van der Waals surface area contributed by atoms with E-state index in [2.05, 4.69) is 10.5 Å². The van der Waals surface area contributed by atoms with Crippen LogP contribution < -0.4 is 5.43 Å². The van der Waals surface area contributed by atoms with Crippen LogP contribution in [-0.2, 0) is 0 Å². The van der Waals surface area contributed by atoms with Crippen LogP contribution in [0.4, 0.5) is 11.4 Å². The number of rotatable bonds is 4. The van der Waals surface area contributed by atoms with Gasteiger partial charge >= 0.3 is 0 Å². The van der Waals surface area contributed by atoms with Crippen LogP contribution in [0.5, 0.6) is 5.75 Å². The van der Waals surface area contributed by atoms with Crippen molar-refractivity contribution in [3.8, 4) is 5.75 Å². The van der Waals surface area contributed by atoms with Crippen LogP contribution >= 0.6 is 0 Å². The van der Waals surface area contributed by atoms with Gasteiger partial charge in [0.25, 0.3) is 5.69 Å². The molecule has 2 N–H and O–H groups in total. The van der Waals surface area contributed by atoms with Crippen molar-refractivity contribution in [2.75, 3.05) is 5.43 Å². The van der Waals surface area contributed by atoms with Gasteiger partial charge in [-0.25, -0.2) is 0 Å². The molecule has 19 heavy (non-hydrogen) atoms. The molecule has 2 aromatic rings. The fourth-order valence-electron chi connectivity index (χ4n) is 1.44. The first kappa shape index (κ1) is 12.6. The maximum Gasteiger partial charge on any atom is 0.269 e. The van der Waals surface area contributed by atoms with Gasteiger partial charge in [-0.1, -0.05) is 12.1 Å². The molecule has 0 aliphatic heterocycles. The maximum absolute atomic E-state index is 10.5. The van der Waals surface area contributed by atoms with E-state index in [0.717, 1.165) is 5.56 Å². The average Bonchev–Trinajstić information content (AvgIpc) is 2.39. The first-order chi connectivity index (χ1) is 9.15. The minimum atomic E-state index is -0.459. The summed E-state index contributed by atoms with van der Waals surface area (Å²) in [6.07, 6.45) is 1.54. The van der Waals surface area contributed by atoms with Crippen LogP contribution in [0.3, 0.4) is 0 Å². The smallest absolute Gasteiger partial charge is 0.269 e. The van der Waals surface area contributed by atoms with E-state index >= 15 is 0 Å². The third-order valence-corrected chi connectivity index (χ3v) is 2.36. The lowest BCUT2D eigenvalue weighted by Gasteiger charge is -1.99. The molecule has 2 aromatic carbocycles. The number of phenols is 1. The lowest BCUT2D eigenvalue weighted by atomic mass is 10.2. The van der Waals surface area contributed by atoms with Gasteiger partial charge in [0.15, 0.2) is 0 Å². The highest BCUT2D eigenvalue weighted by Crippen LogP contribution is 2.15. The molecule has 96 valence electrons. The Morgan fingerprint density at radius 2 is 1.95 bits per heavy atom. The molecule has 0 saturated heterocycles. The van der Waals surface area contributed by atoms with Crippen LogP contribution in [-0.4, -0.2) is 16.2 Å². The van der Waals surface area contributed by atoms with E-state index in [0.29, 0.717) is 5.69 Å². The molecular weight excluding hydrogens is 246 g/mol. The molecule has 0 unspecified atom stereocenters. The summed E-state index contributed by atoms with van der Waals surface area (Å²) in [5.74, 6) is 0.166. The number of aromatic hydroxyl groups is 1. The van der Waals surface area contributed by atoms with Crippen molar-refractivity contribution in [1.82, 2.24) is 0 Å². The molecule has 0 heterocycles. The molecule has 0 saturated carbocycles. The van der Waals surface area contributed by atoms with Crippen molar-refractivity contribution >= 4 is 17.6 Å². The van der Waals surface area contributed by atoms with Gasteiger partial charge in [-0.15, -0.1) is 0 Å². The average molecular weight is 257 g/mol. The second-order valence-corrected chi connectivity index (χ2v) is 3.77. The fraction of sp³-hybridized carbons (Fsp3) is 0. The largest absolute Gasteiger partial charge is 0.508 e. The molecule has 0 spiro atoms. The molecule has 0 radical (unpaired) electrons. The van der Waals surface area contributed by atoms with Gasteiger partial charge in [0.1, 0.15) is 5.75 Å². The third kappa shape index (κ3) is 3.53. The highest BCUT2D eigenvalue weighted by molar-refractivity contribution is 5.80. The minimum absolute atomic E-state index is 0.0301. The Morgan fingerprint density at radius 3 is 2.58 bits per heavy atom. The topological polar surface area (TPSA) is 87.8 Å². The first-order valence-electron chi connectivity index (χ1n) is 5.48. The standard InChI is InChI=1S/C13H11N3O3/c17-13-3-1-2-10(8-13)9-14-15-11-4-6-12(7-5-11)16(18)19/h1-9,15,17H/b14-9+. The van der Waals surface area contributed by atoms with Gasteiger partial charge in [-0.3, -0.25) is 15.5 Å². The SMILES string of the molecule is O=[N+]([O-])c1ccc(N/N=C/c2cccc(O)c2)cc1. The number of hydrogen-bond acceptors (Lipinski definition) is 5. The van der Waals surface area contributed by atoms with E-state index in [-0.39, 0.29) is 11.4 Å². The van der Waals surface area contributed by atoms with Gasteiger partial charge in [0.05, 0.1) is 16.8 Å². The molecule has 0 aliphatic carbocycles. The van der Waals surface area contributed by atoms with Crippen LogP contribution in [0.2, 0.25) is 0 Å². The van der Waals surface area contributed by atoms with E-state index < -0.39 is 4.92 Å². The number of nitro benzene ring substituents is 1. The zero-order valence-corrected chi connectivity index (χ0v) is 9.85. The highest BCUT2D eigenvalue weighted by atomic mass is 16.6. The van der Waals surface area contributed by atoms with Crippen molar-refractivity contribution in [1.29, 1.82) is 0 Å². The summed E-state index contributed by atoms with van der Waals surface area (Å²) in [4.78, 5) is 10.0. The summed E-state index contributed by atoms with van der Waals surface area (Å²) in [6, 6.07) is 12.6. The monoisotopic (exact) mass is 257 g/mol. The number of nitrogens with one attached hydrogen (secondary N) is 1. The Kier molecular flexibility index (Phi) is 3.72. The lowest BCUT2D eigenvalue weighted by Crippen LogP contribution is -1.92. The number of phenolic OH excluding ortho intramolecular Hbond substituents is 1. The lowest BCUT2D eigenvalue weighted by molar-refractivity contribution is -0.384. The molecular formula is C13H11N3O3. The molecule has 0 aliphatic rings. The van der Waals surface area contributed by atoms with E-state index in [1.165, 1.54) is 12.1 Å². The second-order valence-electron chi connectivity index (χ2n) is 3.77. The third-order valence-electron chi connectivity index (χ3n) is 2.36. The summed E-state index contributed by atoms with van der Waals surface area (Å²) in [5, 5.41) is 23.7. The molecule has 0 fully saturated rings.